The molecule has 86 valence electrons. The van der Waals surface area contributed by atoms with Gasteiger partial charge >= 0.3 is 6.03 Å². The van der Waals surface area contributed by atoms with Crippen molar-refractivity contribution in [1.82, 2.24) is 5.32 Å². The molecule has 16 heavy (non-hydrogen) atoms. The molecule has 2 amide bonds. The van der Waals surface area contributed by atoms with E-state index in [9.17, 15) is 14.9 Å². The van der Waals surface area contributed by atoms with Crippen LogP contribution in [-0.2, 0) is 0 Å². The number of urea groups is 1. The highest BCUT2D eigenvalue weighted by atomic mass is 35.5. The van der Waals surface area contributed by atoms with E-state index in [2.05, 4.69) is 10.6 Å². The molecule has 2 N–H and O–H groups in total. The zero-order valence-electron chi connectivity index (χ0n) is 8.49. The Hall–Kier alpha value is -1.82. The third-order valence-electron chi connectivity index (χ3n) is 1.74. The highest BCUT2D eigenvalue weighted by Crippen LogP contribution is 2.27. The van der Waals surface area contributed by atoms with Gasteiger partial charge in [0.2, 0.25) is 0 Å². The number of anilines is 1. The minimum atomic E-state index is -0.585. The molecule has 0 aliphatic carbocycles. The molecule has 0 heterocycles. The number of nitro benzene ring substituents is 1. The van der Waals surface area contributed by atoms with Crippen LogP contribution in [0.15, 0.2) is 18.2 Å². The van der Waals surface area contributed by atoms with Crippen LogP contribution in [0.1, 0.15) is 6.92 Å². The van der Waals surface area contributed by atoms with Crippen molar-refractivity contribution >= 4 is 29.0 Å². The largest absolute Gasteiger partial charge is 0.338 e. The summed E-state index contributed by atoms with van der Waals surface area (Å²) in [4.78, 5) is 21.3. The maximum atomic E-state index is 11.2. The van der Waals surface area contributed by atoms with Crippen LogP contribution in [0.25, 0.3) is 0 Å². The van der Waals surface area contributed by atoms with E-state index in [-0.39, 0.29) is 11.4 Å². The van der Waals surface area contributed by atoms with Crippen molar-refractivity contribution in [3.63, 3.8) is 0 Å². The van der Waals surface area contributed by atoms with Crippen LogP contribution in [0.2, 0.25) is 5.02 Å². The fourth-order valence-electron chi connectivity index (χ4n) is 1.09. The lowest BCUT2D eigenvalue weighted by Crippen LogP contribution is -2.28. The summed E-state index contributed by atoms with van der Waals surface area (Å²) in [5.41, 5.74) is -0.126. The molecular weight excluding hydrogens is 234 g/mol. The van der Waals surface area contributed by atoms with Gasteiger partial charge in [-0.3, -0.25) is 10.1 Å². The van der Waals surface area contributed by atoms with Crippen molar-refractivity contribution in [3.05, 3.63) is 33.3 Å². The zero-order chi connectivity index (χ0) is 12.1. The Morgan fingerprint density at radius 2 is 2.25 bits per heavy atom. The van der Waals surface area contributed by atoms with Crippen LogP contribution in [0.4, 0.5) is 16.2 Å². The molecule has 0 unspecified atom stereocenters. The van der Waals surface area contributed by atoms with E-state index in [1.165, 1.54) is 18.2 Å². The first-order valence-electron chi connectivity index (χ1n) is 4.53. The maximum absolute atomic E-state index is 11.2. The van der Waals surface area contributed by atoms with Crippen LogP contribution >= 0.6 is 11.6 Å². The van der Waals surface area contributed by atoms with Crippen LogP contribution in [0, 0.1) is 10.1 Å². The van der Waals surface area contributed by atoms with Crippen LogP contribution in [-0.4, -0.2) is 17.5 Å². The smallest absolute Gasteiger partial charge is 0.319 e. The summed E-state index contributed by atoms with van der Waals surface area (Å²) < 4.78 is 0. The summed E-state index contributed by atoms with van der Waals surface area (Å²) in [5, 5.41) is 15.8. The van der Waals surface area contributed by atoms with Gasteiger partial charge < -0.3 is 10.6 Å². The minimum Gasteiger partial charge on any atom is -0.338 e. The number of hydrogen-bond acceptors (Lipinski definition) is 3. The lowest BCUT2D eigenvalue weighted by atomic mass is 10.2. The maximum Gasteiger partial charge on any atom is 0.319 e. The lowest BCUT2D eigenvalue weighted by Gasteiger charge is -2.06. The quantitative estimate of drug-likeness (QED) is 0.631. The SMILES string of the molecule is CCNC(=O)Nc1cc(Cl)ccc1[N+](=O)[O-]. The van der Waals surface area contributed by atoms with Crippen LogP contribution < -0.4 is 10.6 Å². The predicted octanol–water partition coefficient (Wildman–Crippen LogP) is 2.39. The summed E-state index contributed by atoms with van der Waals surface area (Å²) >= 11 is 5.69. The number of nitro groups is 1. The predicted molar refractivity (Wildman–Crippen MR) is 60.8 cm³/mol. The van der Waals surface area contributed by atoms with Crippen molar-refractivity contribution in [2.45, 2.75) is 6.92 Å². The first-order chi connectivity index (χ1) is 7.54. The van der Waals surface area contributed by atoms with Gasteiger partial charge in [-0.2, -0.15) is 0 Å². The molecule has 0 aliphatic heterocycles. The lowest BCUT2D eigenvalue weighted by molar-refractivity contribution is -0.383. The van der Waals surface area contributed by atoms with Gasteiger partial charge in [-0.05, 0) is 19.1 Å². The van der Waals surface area contributed by atoms with Crippen molar-refractivity contribution < 1.29 is 9.72 Å². The van der Waals surface area contributed by atoms with E-state index in [1.54, 1.807) is 6.92 Å². The van der Waals surface area contributed by atoms with Gasteiger partial charge in [0.1, 0.15) is 5.69 Å². The van der Waals surface area contributed by atoms with Crippen LogP contribution in [0.3, 0.4) is 0 Å². The molecule has 1 rings (SSSR count). The van der Waals surface area contributed by atoms with Gasteiger partial charge in [0.25, 0.3) is 5.69 Å². The molecule has 0 atom stereocenters. The van der Waals surface area contributed by atoms with Gasteiger partial charge in [-0.15, -0.1) is 0 Å². The van der Waals surface area contributed by atoms with Crippen LogP contribution in [0.5, 0.6) is 0 Å². The summed E-state index contributed by atoms with van der Waals surface area (Å²) in [6, 6.07) is 3.45. The van der Waals surface area contributed by atoms with E-state index >= 15 is 0 Å². The Labute approximate surface area is 96.7 Å². The molecule has 0 bridgehead atoms. The van der Waals surface area contributed by atoms with E-state index in [0.29, 0.717) is 11.6 Å². The van der Waals surface area contributed by atoms with E-state index in [0.717, 1.165) is 0 Å². The Kier molecular flexibility index (Phi) is 4.07. The number of carbonyl (C=O) groups excluding carboxylic acids is 1. The molecule has 1 aromatic carbocycles. The topological polar surface area (TPSA) is 84.3 Å². The molecule has 0 saturated carbocycles. The Balaban J connectivity index is 2.96. The Morgan fingerprint density at radius 3 is 2.81 bits per heavy atom. The van der Waals surface area contributed by atoms with E-state index < -0.39 is 11.0 Å². The molecule has 1 aromatic rings. The number of nitrogens with one attached hydrogen (secondary N) is 2. The number of amides is 2. The average molecular weight is 244 g/mol. The summed E-state index contributed by atoms with van der Waals surface area (Å²) in [6.07, 6.45) is 0. The normalized spacial score (nSPS) is 9.62. The van der Waals surface area contributed by atoms with Gasteiger partial charge in [-0.25, -0.2) is 4.79 Å². The third kappa shape index (κ3) is 3.09. The highest BCUT2D eigenvalue weighted by molar-refractivity contribution is 6.31. The van der Waals surface area contributed by atoms with Gasteiger partial charge in [0.15, 0.2) is 0 Å². The second-order valence-electron chi connectivity index (χ2n) is 2.90. The highest BCUT2D eigenvalue weighted by Gasteiger charge is 2.15. The Morgan fingerprint density at radius 1 is 1.56 bits per heavy atom. The molecule has 7 heteroatoms. The minimum absolute atomic E-state index is 0.0726. The summed E-state index contributed by atoms with van der Waals surface area (Å²) in [6.45, 7) is 2.17. The number of nitrogens with zero attached hydrogens (tertiary/aromatic N) is 1. The summed E-state index contributed by atoms with van der Waals surface area (Å²) in [7, 11) is 0. The first kappa shape index (κ1) is 12.3. The molecule has 0 aliphatic rings. The average Bonchev–Trinajstić information content (AvgIpc) is 2.17. The molecule has 0 fully saturated rings. The second-order valence-corrected chi connectivity index (χ2v) is 3.34. The van der Waals surface area contributed by atoms with E-state index in [1.807, 2.05) is 0 Å². The van der Waals surface area contributed by atoms with Crippen molar-refractivity contribution in [2.75, 3.05) is 11.9 Å². The number of carbonyl (C=O) groups is 1. The molecule has 0 aromatic heterocycles. The monoisotopic (exact) mass is 243 g/mol. The number of benzene rings is 1. The number of halogens is 1. The standard InChI is InChI=1S/C9H10ClN3O3/c1-2-11-9(14)12-7-5-6(10)3-4-8(7)13(15)16/h3-5H,2H2,1H3,(H2,11,12,14). The fraction of sp³-hybridized carbons (Fsp3) is 0.222. The van der Waals surface area contributed by atoms with Crippen molar-refractivity contribution in [2.24, 2.45) is 0 Å². The molecule has 0 spiro atoms. The van der Waals surface area contributed by atoms with E-state index in [4.69, 9.17) is 11.6 Å². The molecular formula is C9H10ClN3O3. The molecule has 0 saturated heterocycles. The zero-order valence-corrected chi connectivity index (χ0v) is 9.25. The first-order valence-corrected chi connectivity index (χ1v) is 4.91. The fourth-order valence-corrected chi connectivity index (χ4v) is 1.27. The van der Waals surface area contributed by atoms with Crippen molar-refractivity contribution in [3.8, 4) is 0 Å². The second kappa shape index (κ2) is 5.32. The number of hydrogen-bond donors (Lipinski definition) is 2. The van der Waals surface area contributed by atoms with Crippen molar-refractivity contribution in [1.29, 1.82) is 0 Å². The third-order valence-corrected chi connectivity index (χ3v) is 1.98. The van der Waals surface area contributed by atoms with Gasteiger partial charge in [-0.1, -0.05) is 11.6 Å². The Bertz CT molecular complexity index is 422. The summed E-state index contributed by atoms with van der Waals surface area (Å²) in [5.74, 6) is 0. The molecule has 0 radical (unpaired) electrons. The number of rotatable bonds is 3. The van der Waals surface area contributed by atoms with Gasteiger partial charge in [0, 0.05) is 17.6 Å². The van der Waals surface area contributed by atoms with Gasteiger partial charge in [0.05, 0.1) is 4.92 Å². The molecule has 6 nitrogen and oxygen atoms in total.